The summed E-state index contributed by atoms with van der Waals surface area (Å²) in [7, 11) is 0. The zero-order valence-corrected chi connectivity index (χ0v) is 8.85. The summed E-state index contributed by atoms with van der Waals surface area (Å²) in [5.74, 6) is 1.42. The average Bonchev–Trinajstić information content (AvgIpc) is 2.40. The van der Waals surface area contributed by atoms with E-state index in [2.05, 4.69) is 10.3 Å². The highest BCUT2D eigenvalue weighted by Gasteiger charge is 2.05. The first kappa shape index (κ1) is 10.9. The molecule has 5 nitrogen and oxygen atoms in total. The second kappa shape index (κ2) is 4.90. The lowest BCUT2D eigenvalue weighted by atomic mass is 10.4. The Labute approximate surface area is 85.9 Å². The first-order valence-corrected chi connectivity index (χ1v) is 5.12. The molecule has 14 heavy (non-hydrogen) atoms. The smallest absolute Gasteiger partial charge is 0.404 e. The van der Waals surface area contributed by atoms with E-state index in [1.807, 2.05) is 13.8 Å². The van der Waals surface area contributed by atoms with Gasteiger partial charge in [-0.3, -0.25) is 0 Å². The second-order valence-corrected chi connectivity index (χ2v) is 3.75. The molecule has 0 aliphatic rings. The molecule has 0 aromatic carbocycles. The number of nitrogens with zero attached hydrogens (tertiary/aromatic N) is 1. The van der Waals surface area contributed by atoms with Crippen LogP contribution in [0.2, 0.25) is 0 Å². The maximum absolute atomic E-state index is 10.1. The molecule has 78 valence electrons. The Morgan fingerprint density at radius 3 is 2.86 bits per heavy atom. The number of thioether (sulfide) groups is 1. The van der Waals surface area contributed by atoms with Gasteiger partial charge in [-0.05, 0) is 13.8 Å². The SMILES string of the molecule is Cc1nc(SCCNC(=O)O)oc1C. The standard InChI is InChI=1S/C8H12N2O3S/c1-5-6(2)13-8(10-5)14-4-3-9-7(11)12/h9H,3-4H2,1-2H3,(H,11,12). The van der Waals surface area contributed by atoms with Crippen molar-refractivity contribution < 1.29 is 14.3 Å². The van der Waals surface area contributed by atoms with E-state index < -0.39 is 6.09 Å². The maximum atomic E-state index is 10.1. The minimum Gasteiger partial charge on any atom is -0.465 e. The zero-order chi connectivity index (χ0) is 10.6. The van der Waals surface area contributed by atoms with Crippen molar-refractivity contribution in [1.29, 1.82) is 0 Å². The van der Waals surface area contributed by atoms with Crippen LogP contribution in [-0.4, -0.2) is 28.5 Å². The number of hydrogen-bond acceptors (Lipinski definition) is 4. The van der Waals surface area contributed by atoms with Crippen molar-refractivity contribution in [2.24, 2.45) is 0 Å². The van der Waals surface area contributed by atoms with Crippen LogP contribution in [0.1, 0.15) is 11.5 Å². The van der Waals surface area contributed by atoms with Crippen molar-refractivity contribution in [2.45, 2.75) is 19.1 Å². The molecule has 0 unspecified atom stereocenters. The topological polar surface area (TPSA) is 75.4 Å². The minimum absolute atomic E-state index is 0.389. The lowest BCUT2D eigenvalue weighted by Gasteiger charge is -1.97. The Hall–Kier alpha value is -1.17. The zero-order valence-electron chi connectivity index (χ0n) is 8.03. The van der Waals surface area contributed by atoms with Crippen LogP contribution in [0.3, 0.4) is 0 Å². The third-order valence-corrected chi connectivity index (χ3v) is 2.44. The van der Waals surface area contributed by atoms with Crippen molar-refractivity contribution >= 4 is 17.9 Å². The van der Waals surface area contributed by atoms with Gasteiger partial charge in [-0.15, -0.1) is 0 Å². The molecule has 0 atom stereocenters. The Bertz CT molecular complexity index is 305. The number of amides is 1. The first-order valence-electron chi connectivity index (χ1n) is 4.13. The van der Waals surface area contributed by atoms with Gasteiger partial charge in [0.2, 0.25) is 0 Å². The van der Waals surface area contributed by atoms with Gasteiger partial charge in [-0.1, -0.05) is 11.8 Å². The van der Waals surface area contributed by atoms with Crippen molar-refractivity contribution in [2.75, 3.05) is 12.3 Å². The van der Waals surface area contributed by atoms with Crippen LogP contribution in [0.15, 0.2) is 9.64 Å². The van der Waals surface area contributed by atoms with Crippen LogP contribution in [-0.2, 0) is 0 Å². The Morgan fingerprint density at radius 2 is 2.36 bits per heavy atom. The fourth-order valence-electron chi connectivity index (χ4n) is 0.801. The molecule has 0 bridgehead atoms. The number of oxazole rings is 1. The highest BCUT2D eigenvalue weighted by atomic mass is 32.2. The summed E-state index contributed by atoms with van der Waals surface area (Å²) in [5, 5.41) is 11.2. The lowest BCUT2D eigenvalue weighted by Crippen LogP contribution is -2.23. The molecule has 0 aliphatic heterocycles. The lowest BCUT2D eigenvalue weighted by molar-refractivity contribution is 0.195. The summed E-state index contributed by atoms with van der Waals surface area (Å²) < 4.78 is 5.30. The van der Waals surface area contributed by atoms with Gasteiger partial charge in [0.05, 0.1) is 5.69 Å². The van der Waals surface area contributed by atoms with Gasteiger partial charge in [-0.2, -0.15) is 0 Å². The fraction of sp³-hybridized carbons (Fsp3) is 0.500. The molecule has 1 amide bonds. The normalized spacial score (nSPS) is 10.1. The number of nitrogens with one attached hydrogen (secondary N) is 1. The highest BCUT2D eigenvalue weighted by Crippen LogP contribution is 2.19. The van der Waals surface area contributed by atoms with Crippen molar-refractivity contribution in [3.8, 4) is 0 Å². The molecule has 1 heterocycles. The highest BCUT2D eigenvalue weighted by molar-refractivity contribution is 7.99. The number of carbonyl (C=O) groups is 1. The number of carboxylic acid groups (broad SMARTS) is 1. The quantitative estimate of drug-likeness (QED) is 0.591. The van der Waals surface area contributed by atoms with E-state index >= 15 is 0 Å². The Kier molecular flexibility index (Phi) is 3.82. The van der Waals surface area contributed by atoms with Crippen molar-refractivity contribution in [1.82, 2.24) is 10.3 Å². The van der Waals surface area contributed by atoms with E-state index in [9.17, 15) is 4.79 Å². The Morgan fingerprint density at radius 1 is 1.64 bits per heavy atom. The summed E-state index contributed by atoms with van der Waals surface area (Å²) in [4.78, 5) is 14.3. The van der Waals surface area contributed by atoms with Gasteiger partial charge in [0.1, 0.15) is 5.76 Å². The van der Waals surface area contributed by atoms with Gasteiger partial charge in [-0.25, -0.2) is 9.78 Å². The molecule has 1 aromatic rings. The number of aromatic nitrogens is 1. The molecule has 6 heteroatoms. The monoisotopic (exact) mass is 216 g/mol. The van der Waals surface area contributed by atoms with Crippen molar-refractivity contribution in [3.63, 3.8) is 0 Å². The molecule has 0 radical (unpaired) electrons. The van der Waals surface area contributed by atoms with Crippen LogP contribution in [0.5, 0.6) is 0 Å². The Balaban J connectivity index is 2.28. The van der Waals surface area contributed by atoms with Gasteiger partial charge in [0.15, 0.2) is 0 Å². The largest absolute Gasteiger partial charge is 0.465 e. The molecule has 0 saturated heterocycles. The van der Waals surface area contributed by atoms with Gasteiger partial charge < -0.3 is 14.8 Å². The number of hydrogen-bond donors (Lipinski definition) is 2. The molecule has 0 spiro atoms. The molecular formula is C8H12N2O3S. The van der Waals surface area contributed by atoms with Crippen LogP contribution in [0.25, 0.3) is 0 Å². The molecule has 1 rings (SSSR count). The molecule has 2 N–H and O–H groups in total. The number of rotatable bonds is 4. The van der Waals surface area contributed by atoms with Crippen LogP contribution >= 0.6 is 11.8 Å². The van der Waals surface area contributed by atoms with E-state index in [1.165, 1.54) is 11.8 Å². The molecule has 1 aromatic heterocycles. The van der Waals surface area contributed by atoms with Crippen LogP contribution in [0, 0.1) is 13.8 Å². The van der Waals surface area contributed by atoms with E-state index in [0.717, 1.165) is 11.5 Å². The average molecular weight is 216 g/mol. The van der Waals surface area contributed by atoms with Gasteiger partial charge in [0, 0.05) is 12.3 Å². The summed E-state index contributed by atoms with van der Waals surface area (Å²) >= 11 is 1.39. The maximum Gasteiger partial charge on any atom is 0.404 e. The molecule has 0 fully saturated rings. The van der Waals surface area contributed by atoms with Gasteiger partial charge >= 0.3 is 6.09 Å². The third kappa shape index (κ3) is 3.29. The predicted molar refractivity (Wildman–Crippen MR) is 52.7 cm³/mol. The van der Waals surface area contributed by atoms with Gasteiger partial charge in [0.25, 0.3) is 5.22 Å². The summed E-state index contributed by atoms with van der Waals surface area (Å²) in [5.41, 5.74) is 0.874. The first-order chi connectivity index (χ1) is 6.59. The van der Waals surface area contributed by atoms with E-state index in [4.69, 9.17) is 9.52 Å². The molecule has 0 saturated carbocycles. The van der Waals surface area contributed by atoms with E-state index in [1.54, 1.807) is 0 Å². The van der Waals surface area contributed by atoms with Crippen molar-refractivity contribution in [3.05, 3.63) is 11.5 Å². The molecule has 0 aliphatic carbocycles. The third-order valence-electron chi connectivity index (χ3n) is 1.61. The number of aryl methyl sites for hydroxylation is 2. The van der Waals surface area contributed by atoms with E-state index in [0.29, 0.717) is 17.5 Å². The van der Waals surface area contributed by atoms with E-state index in [-0.39, 0.29) is 0 Å². The second-order valence-electron chi connectivity index (χ2n) is 2.70. The summed E-state index contributed by atoms with van der Waals surface area (Å²) in [6, 6.07) is 0. The summed E-state index contributed by atoms with van der Waals surface area (Å²) in [6.45, 7) is 4.11. The predicted octanol–water partition coefficient (Wildman–Crippen LogP) is 1.65. The minimum atomic E-state index is -1.01. The summed E-state index contributed by atoms with van der Waals surface area (Å²) in [6.07, 6.45) is -1.01. The van der Waals surface area contributed by atoms with Crippen LogP contribution < -0.4 is 5.32 Å². The van der Waals surface area contributed by atoms with Crippen LogP contribution in [0.4, 0.5) is 4.79 Å². The fourth-order valence-corrected chi connectivity index (χ4v) is 1.57. The molecular weight excluding hydrogens is 204 g/mol.